The molecule has 21 heavy (non-hydrogen) atoms. The summed E-state index contributed by atoms with van der Waals surface area (Å²) in [5.74, 6) is 0.0591. The number of carbonyl (C=O) groups is 1. The third kappa shape index (κ3) is 10.8. The van der Waals surface area contributed by atoms with Crippen LogP contribution in [0.15, 0.2) is 0 Å². The van der Waals surface area contributed by atoms with Crippen molar-refractivity contribution in [2.75, 3.05) is 26.2 Å². The number of nitrogens with one attached hydrogen (secondary N) is 1. The van der Waals surface area contributed by atoms with E-state index in [1.54, 1.807) is 9.80 Å². The largest absolute Gasteiger partial charge is 0.444 e. The summed E-state index contributed by atoms with van der Waals surface area (Å²) in [5.41, 5.74) is 4.90. The summed E-state index contributed by atoms with van der Waals surface area (Å²) in [6.45, 7) is 7.82. The quantitative estimate of drug-likeness (QED) is 0.270. The first-order chi connectivity index (χ1) is 9.29. The van der Waals surface area contributed by atoms with Gasteiger partial charge in [-0.1, -0.05) is 0 Å². The van der Waals surface area contributed by atoms with Gasteiger partial charge in [-0.2, -0.15) is 8.42 Å². The number of ether oxygens (including phenoxy) is 1. The number of rotatable bonds is 0. The molecule has 0 bridgehead atoms. The lowest BCUT2D eigenvalue weighted by Crippen LogP contribution is -2.53. The molecule has 0 radical (unpaired) electrons. The van der Waals surface area contributed by atoms with Gasteiger partial charge in [0.05, 0.1) is 0 Å². The lowest BCUT2D eigenvalue weighted by atomic mass is 10.2. The number of carbonyl (C=O) groups excluding carboxylic acids is 1. The summed E-state index contributed by atoms with van der Waals surface area (Å²) in [5, 5.41) is 7.28. The van der Waals surface area contributed by atoms with Gasteiger partial charge in [-0.05, 0) is 20.8 Å². The van der Waals surface area contributed by atoms with Crippen molar-refractivity contribution in [3.63, 3.8) is 0 Å². The predicted octanol–water partition coefficient (Wildman–Crippen LogP) is -0.220. The Labute approximate surface area is 123 Å². The van der Waals surface area contributed by atoms with Crippen molar-refractivity contribution in [2.45, 2.75) is 26.4 Å². The maximum Gasteiger partial charge on any atom is 0.410 e. The summed E-state index contributed by atoms with van der Waals surface area (Å²) in [7, 11) is -4.67. The van der Waals surface area contributed by atoms with Crippen LogP contribution in [0.3, 0.4) is 0 Å². The van der Waals surface area contributed by atoms with Crippen molar-refractivity contribution >= 4 is 22.5 Å². The zero-order chi connectivity index (χ0) is 16.8. The van der Waals surface area contributed by atoms with Gasteiger partial charge in [0, 0.05) is 26.2 Å². The average molecular weight is 326 g/mol. The van der Waals surface area contributed by atoms with E-state index in [1.807, 2.05) is 20.8 Å². The Morgan fingerprint density at radius 2 is 1.48 bits per heavy atom. The lowest BCUT2D eigenvalue weighted by molar-refractivity contribution is 0.0186. The first-order valence-corrected chi connectivity index (χ1v) is 7.46. The van der Waals surface area contributed by atoms with Crippen LogP contribution in [0.2, 0.25) is 0 Å². The van der Waals surface area contributed by atoms with Gasteiger partial charge in [0.2, 0.25) is 0 Å². The van der Waals surface area contributed by atoms with E-state index in [9.17, 15) is 4.79 Å². The van der Waals surface area contributed by atoms with Crippen molar-refractivity contribution in [3.05, 3.63) is 0 Å². The molecule has 11 heteroatoms. The lowest BCUT2D eigenvalue weighted by Gasteiger charge is -2.35. The molecule has 10 nitrogen and oxygen atoms in total. The van der Waals surface area contributed by atoms with E-state index in [0.29, 0.717) is 26.2 Å². The van der Waals surface area contributed by atoms with E-state index in [0.717, 1.165) is 0 Å². The van der Waals surface area contributed by atoms with Crippen LogP contribution in [0, 0.1) is 5.41 Å². The smallest absolute Gasteiger partial charge is 0.410 e. The fraction of sp³-hybridized carbons (Fsp3) is 0.800. The highest BCUT2D eigenvalue weighted by molar-refractivity contribution is 7.79. The Morgan fingerprint density at radius 1 is 1.14 bits per heavy atom. The van der Waals surface area contributed by atoms with Gasteiger partial charge in [-0.25, -0.2) is 4.79 Å². The van der Waals surface area contributed by atoms with Crippen LogP contribution in [0.4, 0.5) is 4.79 Å². The average Bonchev–Trinajstić information content (AvgIpc) is 2.24. The van der Waals surface area contributed by atoms with E-state index in [-0.39, 0.29) is 12.1 Å². The molecule has 0 aromatic carbocycles. The number of amides is 1. The molecule has 1 fully saturated rings. The molecule has 0 saturated carbocycles. The molecule has 1 amide bonds. The number of nitrogens with two attached hydrogens (primary N) is 1. The molecule has 124 valence electrons. The van der Waals surface area contributed by atoms with Gasteiger partial charge < -0.3 is 20.3 Å². The SMILES string of the molecule is CC(C)(C)OC(=O)N1CCN(C(=N)N)CC1.O=S(=O)(O)O. The third-order valence-electron chi connectivity index (χ3n) is 2.27. The van der Waals surface area contributed by atoms with E-state index < -0.39 is 16.0 Å². The third-order valence-corrected chi connectivity index (χ3v) is 2.27. The minimum atomic E-state index is -4.67. The van der Waals surface area contributed by atoms with Gasteiger partial charge in [0.25, 0.3) is 0 Å². The van der Waals surface area contributed by atoms with Crippen LogP contribution in [0.1, 0.15) is 20.8 Å². The standard InChI is InChI=1S/C10H20N4O2.H2O4S/c1-10(2,3)16-9(15)14-6-4-13(5-7-14)8(11)12;1-5(2,3)4/h4-7H2,1-3H3,(H3,11,12);(H2,1,2,3,4). The van der Waals surface area contributed by atoms with Crippen LogP contribution in [0.5, 0.6) is 0 Å². The highest BCUT2D eigenvalue weighted by atomic mass is 32.3. The molecule has 0 unspecified atom stereocenters. The number of piperazine rings is 1. The maximum absolute atomic E-state index is 11.7. The van der Waals surface area contributed by atoms with Crippen molar-refractivity contribution in [2.24, 2.45) is 5.73 Å². The molecule has 1 saturated heterocycles. The van der Waals surface area contributed by atoms with Crippen LogP contribution < -0.4 is 5.73 Å². The Hall–Kier alpha value is -1.59. The molecule has 0 aromatic rings. The monoisotopic (exact) mass is 326 g/mol. The van der Waals surface area contributed by atoms with Crippen LogP contribution in [-0.2, 0) is 15.1 Å². The van der Waals surface area contributed by atoms with Gasteiger partial charge >= 0.3 is 16.5 Å². The van der Waals surface area contributed by atoms with E-state index in [2.05, 4.69) is 0 Å². The van der Waals surface area contributed by atoms with Crippen molar-refractivity contribution in [1.29, 1.82) is 5.41 Å². The molecule has 0 spiro atoms. The second-order valence-corrected chi connectivity index (χ2v) is 6.18. The molecule has 0 aliphatic carbocycles. The van der Waals surface area contributed by atoms with Gasteiger partial charge in [-0.3, -0.25) is 14.5 Å². The Balaban J connectivity index is 0.000000690. The molecule has 1 aliphatic heterocycles. The number of hydrogen-bond acceptors (Lipinski definition) is 5. The fourth-order valence-electron chi connectivity index (χ4n) is 1.46. The van der Waals surface area contributed by atoms with E-state index >= 15 is 0 Å². The van der Waals surface area contributed by atoms with Crippen molar-refractivity contribution in [1.82, 2.24) is 9.80 Å². The van der Waals surface area contributed by atoms with Gasteiger partial charge in [0.1, 0.15) is 5.60 Å². The molecule has 1 rings (SSSR count). The second kappa shape index (κ2) is 7.43. The first kappa shape index (κ1) is 19.4. The molecular weight excluding hydrogens is 304 g/mol. The second-order valence-electron chi connectivity index (χ2n) is 5.29. The van der Waals surface area contributed by atoms with Gasteiger partial charge in [-0.15, -0.1) is 0 Å². The summed E-state index contributed by atoms with van der Waals surface area (Å²) in [6.07, 6.45) is -0.296. The molecular formula is C10H22N4O6S. The normalized spacial score (nSPS) is 15.9. The molecule has 0 atom stereocenters. The van der Waals surface area contributed by atoms with E-state index in [4.69, 9.17) is 33.4 Å². The number of guanidine groups is 1. The zero-order valence-electron chi connectivity index (χ0n) is 12.2. The van der Waals surface area contributed by atoms with Crippen LogP contribution in [-0.4, -0.2) is 71.2 Å². The van der Waals surface area contributed by atoms with Crippen LogP contribution in [0.25, 0.3) is 0 Å². The fourth-order valence-corrected chi connectivity index (χ4v) is 1.46. The highest BCUT2D eigenvalue weighted by Crippen LogP contribution is 2.11. The van der Waals surface area contributed by atoms with E-state index in [1.165, 1.54) is 0 Å². The zero-order valence-corrected chi connectivity index (χ0v) is 13.1. The summed E-state index contributed by atoms with van der Waals surface area (Å²) in [4.78, 5) is 15.1. The molecule has 1 aliphatic rings. The topological polar surface area (TPSA) is 157 Å². The summed E-state index contributed by atoms with van der Waals surface area (Å²) < 4.78 is 36.8. The van der Waals surface area contributed by atoms with Gasteiger partial charge in [0.15, 0.2) is 5.96 Å². The minimum Gasteiger partial charge on any atom is -0.444 e. The Kier molecular flexibility index (Phi) is 6.86. The van der Waals surface area contributed by atoms with Crippen molar-refractivity contribution in [3.8, 4) is 0 Å². The first-order valence-electron chi connectivity index (χ1n) is 6.06. The minimum absolute atomic E-state index is 0.0591. The van der Waals surface area contributed by atoms with Crippen molar-refractivity contribution < 1.29 is 27.1 Å². The maximum atomic E-state index is 11.7. The predicted molar refractivity (Wildman–Crippen MR) is 75.5 cm³/mol. The molecule has 1 heterocycles. The summed E-state index contributed by atoms with van der Waals surface area (Å²) >= 11 is 0. The van der Waals surface area contributed by atoms with Crippen LogP contribution >= 0.6 is 0 Å². The number of hydrogen-bond donors (Lipinski definition) is 4. The Morgan fingerprint density at radius 3 is 1.76 bits per heavy atom. The Bertz CT molecular complexity index is 456. The highest BCUT2D eigenvalue weighted by Gasteiger charge is 2.25. The number of nitrogens with zero attached hydrogens (tertiary/aromatic N) is 2. The molecule has 5 N–H and O–H groups in total. The summed E-state index contributed by atoms with van der Waals surface area (Å²) in [6, 6.07) is 0. The molecule has 0 aromatic heterocycles.